The number of amides is 2. The Kier molecular flexibility index (Phi) is 5.41. The Bertz CT molecular complexity index is 279. The summed E-state index contributed by atoms with van der Waals surface area (Å²) in [5, 5.41) is 3.24. The van der Waals surface area contributed by atoms with Gasteiger partial charge >= 0.3 is 0 Å². The molecule has 0 aromatic carbocycles. The summed E-state index contributed by atoms with van der Waals surface area (Å²) in [5.41, 5.74) is 0. The molecule has 0 spiro atoms. The lowest BCUT2D eigenvalue weighted by molar-refractivity contribution is -0.142. The molecule has 1 aliphatic heterocycles. The van der Waals surface area contributed by atoms with E-state index in [1.807, 2.05) is 0 Å². The smallest absolute Gasteiger partial charge is 0.241 e. The van der Waals surface area contributed by atoms with Gasteiger partial charge in [0, 0.05) is 20.6 Å². The zero-order valence-electron chi connectivity index (χ0n) is 11.0. The number of hydrogen-bond acceptors (Lipinski definition) is 3. The normalized spacial score (nSPS) is 20.5. The molecule has 1 heterocycles. The largest absolute Gasteiger partial charge is 0.347 e. The molecule has 0 saturated carbocycles. The molecule has 0 aliphatic carbocycles. The molecule has 0 aromatic heterocycles. The molecule has 5 nitrogen and oxygen atoms in total. The predicted molar refractivity (Wildman–Crippen MR) is 66.6 cm³/mol. The number of likely N-dealkylation sites (tertiary alicyclic amines) is 1. The molecular formula is C12H23N3O2. The average Bonchev–Trinajstić information content (AvgIpc) is 2.30. The van der Waals surface area contributed by atoms with E-state index < -0.39 is 0 Å². The van der Waals surface area contributed by atoms with E-state index in [4.69, 9.17) is 0 Å². The second-order valence-electron chi connectivity index (χ2n) is 4.70. The Labute approximate surface area is 103 Å². The lowest BCUT2D eigenvalue weighted by Gasteiger charge is -2.32. The summed E-state index contributed by atoms with van der Waals surface area (Å²) in [7, 11) is 3.42. The SMILES string of the molecule is CCCNC1CCCN(CC(=O)N(C)C)C1=O. The van der Waals surface area contributed by atoms with Crippen LogP contribution >= 0.6 is 0 Å². The van der Waals surface area contributed by atoms with Gasteiger partial charge in [-0.05, 0) is 25.8 Å². The van der Waals surface area contributed by atoms with E-state index in [1.54, 1.807) is 19.0 Å². The molecule has 1 unspecified atom stereocenters. The van der Waals surface area contributed by atoms with Crippen LogP contribution in [-0.2, 0) is 9.59 Å². The number of carbonyl (C=O) groups is 2. The lowest BCUT2D eigenvalue weighted by atomic mass is 10.0. The van der Waals surface area contributed by atoms with Gasteiger partial charge in [0.05, 0.1) is 12.6 Å². The van der Waals surface area contributed by atoms with E-state index in [1.165, 1.54) is 4.90 Å². The van der Waals surface area contributed by atoms with Gasteiger partial charge in [-0.25, -0.2) is 0 Å². The number of rotatable bonds is 5. The number of likely N-dealkylation sites (N-methyl/N-ethyl adjacent to an activating group) is 1. The van der Waals surface area contributed by atoms with Crippen LogP contribution in [0.2, 0.25) is 0 Å². The highest BCUT2D eigenvalue weighted by molar-refractivity contribution is 5.87. The highest BCUT2D eigenvalue weighted by Crippen LogP contribution is 2.11. The van der Waals surface area contributed by atoms with Gasteiger partial charge in [0.25, 0.3) is 0 Å². The summed E-state index contributed by atoms with van der Waals surface area (Å²) in [6.07, 6.45) is 2.86. The molecule has 17 heavy (non-hydrogen) atoms. The van der Waals surface area contributed by atoms with E-state index in [-0.39, 0.29) is 24.4 Å². The molecule has 5 heteroatoms. The van der Waals surface area contributed by atoms with Gasteiger partial charge in [0.15, 0.2) is 0 Å². The fourth-order valence-corrected chi connectivity index (χ4v) is 1.91. The van der Waals surface area contributed by atoms with Crippen LogP contribution in [0.3, 0.4) is 0 Å². The van der Waals surface area contributed by atoms with Crippen molar-refractivity contribution in [1.29, 1.82) is 0 Å². The minimum Gasteiger partial charge on any atom is -0.347 e. The highest BCUT2D eigenvalue weighted by Gasteiger charge is 2.29. The number of piperidine rings is 1. The van der Waals surface area contributed by atoms with Gasteiger partial charge in [-0.1, -0.05) is 6.92 Å². The van der Waals surface area contributed by atoms with Crippen LogP contribution in [0.25, 0.3) is 0 Å². The molecule has 1 aliphatic rings. The van der Waals surface area contributed by atoms with E-state index >= 15 is 0 Å². The second kappa shape index (κ2) is 6.59. The monoisotopic (exact) mass is 241 g/mol. The molecule has 98 valence electrons. The zero-order chi connectivity index (χ0) is 12.8. The predicted octanol–water partition coefficient (Wildman–Crippen LogP) is 0.0652. The third-order valence-corrected chi connectivity index (χ3v) is 3.00. The molecule has 1 N–H and O–H groups in total. The minimum absolute atomic E-state index is 0.0190. The first-order valence-corrected chi connectivity index (χ1v) is 6.28. The lowest BCUT2D eigenvalue weighted by Crippen LogP contribution is -2.53. The van der Waals surface area contributed by atoms with Crippen molar-refractivity contribution in [3.63, 3.8) is 0 Å². The third kappa shape index (κ3) is 4.00. The Morgan fingerprint density at radius 2 is 2.24 bits per heavy atom. The summed E-state index contributed by atoms with van der Waals surface area (Å²) in [6.45, 7) is 3.83. The molecule has 1 fully saturated rings. The van der Waals surface area contributed by atoms with Crippen LogP contribution in [0.15, 0.2) is 0 Å². The Hall–Kier alpha value is -1.10. The fourth-order valence-electron chi connectivity index (χ4n) is 1.91. The van der Waals surface area contributed by atoms with Crippen LogP contribution in [0.5, 0.6) is 0 Å². The van der Waals surface area contributed by atoms with Crippen molar-refractivity contribution in [2.24, 2.45) is 0 Å². The van der Waals surface area contributed by atoms with E-state index in [9.17, 15) is 9.59 Å². The summed E-state index contributed by atoms with van der Waals surface area (Å²) >= 11 is 0. The van der Waals surface area contributed by atoms with Crippen LogP contribution in [0.1, 0.15) is 26.2 Å². The van der Waals surface area contributed by atoms with Crippen LogP contribution in [-0.4, -0.2) is 61.4 Å². The standard InChI is InChI=1S/C12H23N3O2/c1-4-7-13-10-6-5-8-15(12(10)17)9-11(16)14(2)3/h10,13H,4-9H2,1-3H3. The van der Waals surface area contributed by atoms with Gasteiger partial charge < -0.3 is 15.1 Å². The Morgan fingerprint density at radius 3 is 2.82 bits per heavy atom. The third-order valence-electron chi connectivity index (χ3n) is 3.00. The quantitative estimate of drug-likeness (QED) is 0.741. The number of hydrogen-bond donors (Lipinski definition) is 1. The molecule has 1 rings (SSSR count). The minimum atomic E-state index is -0.0985. The molecule has 1 atom stereocenters. The Balaban J connectivity index is 2.50. The zero-order valence-corrected chi connectivity index (χ0v) is 11.0. The molecule has 0 radical (unpaired) electrons. The number of nitrogens with zero attached hydrogens (tertiary/aromatic N) is 2. The molecule has 0 aromatic rings. The Morgan fingerprint density at radius 1 is 1.53 bits per heavy atom. The van der Waals surface area contributed by atoms with E-state index in [2.05, 4.69) is 12.2 Å². The molecule has 0 bridgehead atoms. The van der Waals surface area contributed by atoms with Crippen molar-refractivity contribution in [2.75, 3.05) is 33.7 Å². The molecule has 2 amide bonds. The number of nitrogens with one attached hydrogen (secondary N) is 1. The van der Waals surface area contributed by atoms with Crippen molar-refractivity contribution in [3.05, 3.63) is 0 Å². The van der Waals surface area contributed by atoms with E-state index in [0.29, 0.717) is 6.54 Å². The van der Waals surface area contributed by atoms with Crippen LogP contribution in [0, 0.1) is 0 Å². The first-order valence-electron chi connectivity index (χ1n) is 6.28. The summed E-state index contributed by atoms with van der Waals surface area (Å²) < 4.78 is 0. The fraction of sp³-hybridized carbons (Fsp3) is 0.833. The molecule has 1 saturated heterocycles. The van der Waals surface area contributed by atoms with Crippen molar-refractivity contribution < 1.29 is 9.59 Å². The van der Waals surface area contributed by atoms with Gasteiger partial charge in [-0.15, -0.1) is 0 Å². The van der Waals surface area contributed by atoms with Gasteiger partial charge in [0.2, 0.25) is 11.8 Å². The second-order valence-corrected chi connectivity index (χ2v) is 4.70. The maximum atomic E-state index is 12.1. The van der Waals surface area contributed by atoms with Crippen molar-refractivity contribution >= 4 is 11.8 Å². The maximum absolute atomic E-state index is 12.1. The summed E-state index contributed by atoms with van der Waals surface area (Å²) in [6, 6.07) is -0.0985. The summed E-state index contributed by atoms with van der Waals surface area (Å²) in [5.74, 6) is 0.0504. The van der Waals surface area contributed by atoms with E-state index in [0.717, 1.165) is 25.8 Å². The molecular weight excluding hydrogens is 218 g/mol. The van der Waals surface area contributed by atoms with Crippen LogP contribution < -0.4 is 5.32 Å². The first kappa shape index (κ1) is 14.0. The van der Waals surface area contributed by atoms with Crippen LogP contribution in [0.4, 0.5) is 0 Å². The first-order chi connectivity index (χ1) is 8.06. The number of carbonyl (C=O) groups excluding carboxylic acids is 2. The van der Waals surface area contributed by atoms with Crippen molar-refractivity contribution in [1.82, 2.24) is 15.1 Å². The highest BCUT2D eigenvalue weighted by atomic mass is 16.2. The van der Waals surface area contributed by atoms with Gasteiger partial charge in [-0.2, -0.15) is 0 Å². The van der Waals surface area contributed by atoms with Gasteiger partial charge in [0.1, 0.15) is 0 Å². The van der Waals surface area contributed by atoms with Crippen molar-refractivity contribution in [3.8, 4) is 0 Å². The average molecular weight is 241 g/mol. The maximum Gasteiger partial charge on any atom is 0.241 e. The topological polar surface area (TPSA) is 52.7 Å². The van der Waals surface area contributed by atoms with Crippen molar-refractivity contribution in [2.45, 2.75) is 32.2 Å². The van der Waals surface area contributed by atoms with Gasteiger partial charge in [-0.3, -0.25) is 9.59 Å². The summed E-state index contributed by atoms with van der Waals surface area (Å²) in [4.78, 5) is 26.9.